The first-order valence-corrected chi connectivity index (χ1v) is 7.13. The van der Waals surface area contributed by atoms with Crippen LogP contribution in [0.15, 0.2) is 42.2 Å². The zero-order valence-corrected chi connectivity index (χ0v) is 12.6. The molecule has 0 amide bonds. The van der Waals surface area contributed by atoms with E-state index in [0.717, 1.165) is 35.1 Å². The Balaban J connectivity index is 2.00. The second-order valence-electron chi connectivity index (χ2n) is 5.14. The topological polar surface area (TPSA) is 48.4 Å². The van der Waals surface area contributed by atoms with Gasteiger partial charge in [-0.25, -0.2) is 0 Å². The van der Waals surface area contributed by atoms with Crippen molar-refractivity contribution < 1.29 is 14.3 Å². The van der Waals surface area contributed by atoms with Gasteiger partial charge in [0.05, 0.1) is 14.2 Å². The van der Waals surface area contributed by atoms with Gasteiger partial charge >= 0.3 is 0 Å². The molecule has 22 heavy (non-hydrogen) atoms. The average Bonchev–Trinajstić information content (AvgIpc) is 2.57. The first-order chi connectivity index (χ1) is 10.7. The Morgan fingerprint density at radius 1 is 1.14 bits per heavy atom. The number of fused-ring (bicyclic) bond motifs is 1. The second kappa shape index (κ2) is 6.02. The van der Waals surface area contributed by atoms with Gasteiger partial charge in [-0.3, -0.25) is 9.78 Å². The van der Waals surface area contributed by atoms with E-state index in [1.165, 1.54) is 0 Å². The van der Waals surface area contributed by atoms with Crippen LogP contribution in [0.4, 0.5) is 0 Å². The number of aromatic nitrogens is 1. The third-order valence-electron chi connectivity index (χ3n) is 3.88. The maximum absolute atomic E-state index is 12.7. The van der Waals surface area contributed by atoms with Gasteiger partial charge in [0.1, 0.15) is 11.5 Å². The monoisotopic (exact) mass is 295 g/mol. The van der Waals surface area contributed by atoms with Crippen molar-refractivity contribution in [3.05, 3.63) is 58.9 Å². The van der Waals surface area contributed by atoms with Crippen LogP contribution >= 0.6 is 0 Å². The molecule has 1 aromatic carbocycles. The highest BCUT2D eigenvalue weighted by Gasteiger charge is 2.22. The molecule has 1 aliphatic rings. The van der Waals surface area contributed by atoms with Crippen LogP contribution in [0.2, 0.25) is 0 Å². The molecule has 0 N–H and O–H groups in total. The van der Waals surface area contributed by atoms with Gasteiger partial charge in [0, 0.05) is 29.1 Å². The van der Waals surface area contributed by atoms with Gasteiger partial charge in [-0.05, 0) is 42.7 Å². The lowest BCUT2D eigenvalue weighted by Crippen LogP contribution is -2.14. The number of hydrogen-bond acceptors (Lipinski definition) is 4. The summed E-state index contributed by atoms with van der Waals surface area (Å²) in [6.07, 6.45) is 6.82. The average molecular weight is 295 g/mol. The zero-order valence-electron chi connectivity index (χ0n) is 12.6. The Hall–Kier alpha value is -2.62. The highest BCUT2D eigenvalue weighted by atomic mass is 16.5. The quantitative estimate of drug-likeness (QED) is 0.815. The van der Waals surface area contributed by atoms with Crippen LogP contribution in [0.5, 0.6) is 11.5 Å². The molecule has 0 atom stereocenters. The van der Waals surface area contributed by atoms with Crippen LogP contribution in [0.25, 0.3) is 6.08 Å². The fraction of sp³-hybridized carbons (Fsp3) is 0.222. The van der Waals surface area contributed by atoms with Gasteiger partial charge in [-0.1, -0.05) is 6.07 Å². The smallest absolute Gasteiger partial charge is 0.189 e. The molecule has 0 unspecified atom stereocenters. The van der Waals surface area contributed by atoms with E-state index in [2.05, 4.69) is 4.98 Å². The molecule has 0 spiro atoms. The molecule has 1 heterocycles. The van der Waals surface area contributed by atoms with Crippen molar-refractivity contribution in [1.82, 2.24) is 4.98 Å². The fourth-order valence-electron chi connectivity index (χ4n) is 2.68. The molecular weight excluding hydrogens is 278 g/mol. The van der Waals surface area contributed by atoms with E-state index >= 15 is 0 Å². The summed E-state index contributed by atoms with van der Waals surface area (Å²) in [4.78, 5) is 16.8. The summed E-state index contributed by atoms with van der Waals surface area (Å²) in [6, 6.07) is 7.46. The largest absolute Gasteiger partial charge is 0.497 e. The Kier molecular flexibility index (Phi) is 3.92. The van der Waals surface area contributed by atoms with Crippen LogP contribution in [0.3, 0.4) is 0 Å². The number of carbonyl (C=O) groups is 1. The predicted molar refractivity (Wildman–Crippen MR) is 84.4 cm³/mol. The number of nitrogens with zero attached hydrogens (tertiary/aromatic N) is 1. The van der Waals surface area contributed by atoms with Gasteiger partial charge in [0.25, 0.3) is 0 Å². The van der Waals surface area contributed by atoms with Crippen LogP contribution in [0, 0.1) is 0 Å². The maximum atomic E-state index is 12.7. The highest BCUT2D eigenvalue weighted by Crippen LogP contribution is 2.30. The zero-order chi connectivity index (χ0) is 15.5. The first-order valence-electron chi connectivity index (χ1n) is 7.13. The number of methoxy groups -OCH3 is 2. The number of rotatable bonds is 3. The molecule has 4 nitrogen and oxygen atoms in total. The summed E-state index contributed by atoms with van der Waals surface area (Å²) in [5, 5.41) is 0. The summed E-state index contributed by atoms with van der Waals surface area (Å²) in [5.41, 5.74) is 3.38. The third-order valence-corrected chi connectivity index (χ3v) is 3.88. The summed E-state index contributed by atoms with van der Waals surface area (Å²) in [5.74, 6) is 1.46. The summed E-state index contributed by atoms with van der Waals surface area (Å²) < 4.78 is 10.5. The maximum Gasteiger partial charge on any atom is 0.189 e. The molecule has 2 aromatic rings. The lowest BCUT2D eigenvalue weighted by atomic mass is 9.86. The van der Waals surface area contributed by atoms with Crippen LogP contribution < -0.4 is 9.47 Å². The number of ether oxygens (including phenoxy) is 2. The first kappa shape index (κ1) is 14.3. The van der Waals surface area contributed by atoms with Gasteiger partial charge in [0.2, 0.25) is 0 Å². The number of pyridine rings is 1. The molecule has 0 fully saturated rings. The van der Waals surface area contributed by atoms with Crippen LogP contribution in [-0.4, -0.2) is 25.0 Å². The van der Waals surface area contributed by atoms with Crippen molar-refractivity contribution in [1.29, 1.82) is 0 Å². The van der Waals surface area contributed by atoms with Crippen LogP contribution in [-0.2, 0) is 6.42 Å². The number of carbonyl (C=O) groups excluding carboxylic acids is 1. The van der Waals surface area contributed by atoms with E-state index in [1.54, 1.807) is 32.7 Å². The highest BCUT2D eigenvalue weighted by molar-refractivity contribution is 6.13. The van der Waals surface area contributed by atoms with E-state index in [4.69, 9.17) is 9.47 Å². The van der Waals surface area contributed by atoms with E-state index < -0.39 is 0 Å². The number of ketones is 1. The minimum atomic E-state index is 0.0473. The van der Waals surface area contributed by atoms with Crippen molar-refractivity contribution in [2.24, 2.45) is 0 Å². The van der Waals surface area contributed by atoms with Crippen molar-refractivity contribution in [3.63, 3.8) is 0 Å². The molecule has 1 aromatic heterocycles. The summed E-state index contributed by atoms with van der Waals surface area (Å²) >= 11 is 0. The molecular formula is C18H17NO3. The fourth-order valence-corrected chi connectivity index (χ4v) is 2.68. The SMILES string of the molecule is COc1ccc2c(c1)C(=O)/C(=C/c1cnccc1OC)CC2. The number of benzene rings is 1. The van der Waals surface area contributed by atoms with Gasteiger partial charge in [0.15, 0.2) is 5.78 Å². The molecule has 112 valence electrons. The third kappa shape index (κ3) is 2.60. The van der Waals surface area contributed by atoms with Crippen molar-refractivity contribution in [3.8, 4) is 11.5 Å². The standard InChI is InChI=1S/C18H17NO3/c1-21-15-6-5-12-3-4-13(18(20)16(12)10-15)9-14-11-19-8-7-17(14)22-2/h5-11H,3-4H2,1-2H3/b13-9+. The molecule has 0 radical (unpaired) electrons. The van der Waals surface area contributed by atoms with E-state index in [-0.39, 0.29) is 5.78 Å². The summed E-state index contributed by atoms with van der Waals surface area (Å²) in [6.45, 7) is 0. The summed E-state index contributed by atoms with van der Waals surface area (Å²) in [7, 11) is 3.21. The molecule has 4 heteroatoms. The van der Waals surface area contributed by atoms with Crippen molar-refractivity contribution >= 4 is 11.9 Å². The molecule has 0 aliphatic heterocycles. The lowest BCUT2D eigenvalue weighted by Gasteiger charge is -2.18. The van der Waals surface area contributed by atoms with Gasteiger partial charge in [-0.2, -0.15) is 0 Å². The minimum absolute atomic E-state index is 0.0473. The van der Waals surface area contributed by atoms with E-state index in [0.29, 0.717) is 11.5 Å². The lowest BCUT2D eigenvalue weighted by molar-refractivity contribution is 0.102. The number of hydrogen-bond donors (Lipinski definition) is 0. The van der Waals surface area contributed by atoms with E-state index in [1.807, 2.05) is 24.3 Å². The molecule has 0 bridgehead atoms. The normalized spacial score (nSPS) is 15.5. The van der Waals surface area contributed by atoms with E-state index in [9.17, 15) is 4.79 Å². The molecule has 1 aliphatic carbocycles. The minimum Gasteiger partial charge on any atom is -0.497 e. The molecule has 0 saturated carbocycles. The molecule has 0 saturated heterocycles. The van der Waals surface area contributed by atoms with Crippen molar-refractivity contribution in [2.45, 2.75) is 12.8 Å². The van der Waals surface area contributed by atoms with Gasteiger partial charge in [-0.15, -0.1) is 0 Å². The molecule has 3 rings (SSSR count). The Labute approximate surface area is 129 Å². The predicted octanol–water partition coefficient (Wildman–Crippen LogP) is 3.31. The second-order valence-corrected chi connectivity index (χ2v) is 5.14. The number of Topliss-reactive ketones (excluding diaryl/α,β-unsaturated/α-hetero) is 1. The van der Waals surface area contributed by atoms with Crippen molar-refractivity contribution in [2.75, 3.05) is 14.2 Å². The van der Waals surface area contributed by atoms with Crippen LogP contribution in [0.1, 0.15) is 27.9 Å². The van der Waals surface area contributed by atoms with Gasteiger partial charge < -0.3 is 9.47 Å². The number of aryl methyl sites for hydroxylation is 1. The Morgan fingerprint density at radius 2 is 2.00 bits per heavy atom. The number of allylic oxidation sites excluding steroid dienone is 1. The Morgan fingerprint density at radius 3 is 2.77 bits per heavy atom. The Bertz CT molecular complexity index is 750.